The molecule has 0 aliphatic carbocycles. The highest BCUT2D eigenvalue weighted by molar-refractivity contribution is 7.99. The number of pyridine rings is 1. The first-order valence-electron chi connectivity index (χ1n) is 9.51. The highest BCUT2D eigenvalue weighted by atomic mass is 32.2. The molecule has 0 unspecified atom stereocenters. The molecule has 1 aliphatic heterocycles. The van der Waals surface area contributed by atoms with E-state index in [-0.39, 0.29) is 12.1 Å². The lowest BCUT2D eigenvalue weighted by Crippen LogP contribution is -2.48. The Morgan fingerprint density at radius 2 is 2.00 bits per heavy atom. The van der Waals surface area contributed by atoms with E-state index in [9.17, 15) is 4.79 Å². The highest BCUT2D eigenvalue weighted by Crippen LogP contribution is 2.17. The molecule has 3 rings (SSSR count). The minimum Gasteiger partial charge on any atom is -0.335 e. The van der Waals surface area contributed by atoms with Crippen molar-refractivity contribution in [2.45, 2.75) is 30.3 Å². The number of carbonyl (C=O) groups is 1. The molecule has 27 heavy (non-hydrogen) atoms. The second-order valence-electron chi connectivity index (χ2n) is 6.94. The molecule has 2 amide bonds. The number of piperidine rings is 1. The minimum absolute atomic E-state index is 0.0365. The van der Waals surface area contributed by atoms with Gasteiger partial charge in [-0.1, -0.05) is 24.3 Å². The van der Waals surface area contributed by atoms with Crippen molar-refractivity contribution in [1.82, 2.24) is 20.1 Å². The number of carbonyl (C=O) groups excluding carboxylic acids is 1. The molecule has 1 N–H and O–H groups in total. The lowest BCUT2D eigenvalue weighted by Gasteiger charge is -2.33. The van der Waals surface area contributed by atoms with E-state index in [2.05, 4.69) is 33.4 Å². The van der Waals surface area contributed by atoms with E-state index in [1.807, 2.05) is 37.5 Å². The Kier molecular flexibility index (Phi) is 7.54. The predicted molar refractivity (Wildman–Crippen MR) is 111 cm³/mol. The summed E-state index contributed by atoms with van der Waals surface area (Å²) in [5.74, 6) is 0.900. The fraction of sp³-hybridized carbons (Fsp3) is 0.429. The van der Waals surface area contributed by atoms with Gasteiger partial charge in [-0.05, 0) is 36.6 Å². The summed E-state index contributed by atoms with van der Waals surface area (Å²) < 4.78 is 0. The lowest BCUT2D eigenvalue weighted by atomic mass is 10.0. The Labute approximate surface area is 166 Å². The molecule has 0 spiro atoms. The second-order valence-corrected chi connectivity index (χ2v) is 8.11. The van der Waals surface area contributed by atoms with E-state index in [1.54, 1.807) is 22.9 Å². The van der Waals surface area contributed by atoms with Gasteiger partial charge in [0.25, 0.3) is 0 Å². The van der Waals surface area contributed by atoms with Crippen LogP contribution in [0.1, 0.15) is 18.4 Å². The van der Waals surface area contributed by atoms with Gasteiger partial charge in [-0.25, -0.2) is 4.79 Å². The maximum Gasteiger partial charge on any atom is 0.317 e. The zero-order valence-electron chi connectivity index (χ0n) is 15.9. The topological polar surface area (TPSA) is 48.5 Å². The summed E-state index contributed by atoms with van der Waals surface area (Å²) in [6.45, 7) is 3.69. The fourth-order valence-electron chi connectivity index (χ4n) is 3.19. The first kappa shape index (κ1) is 19.7. The van der Waals surface area contributed by atoms with Crippen molar-refractivity contribution in [3.8, 4) is 0 Å². The summed E-state index contributed by atoms with van der Waals surface area (Å²) in [6.07, 6.45) is 5.73. The van der Waals surface area contributed by atoms with Crippen molar-refractivity contribution in [3.63, 3.8) is 0 Å². The van der Waals surface area contributed by atoms with Crippen LogP contribution in [0.5, 0.6) is 0 Å². The average Bonchev–Trinajstić information content (AvgIpc) is 2.71. The summed E-state index contributed by atoms with van der Waals surface area (Å²) in [4.78, 5) is 22.0. The van der Waals surface area contributed by atoms with Gasteiger partial charge in [-0.2, -0.15) is 0 Å². The molecule has 144 valence electrons. The third-order valence-electron chi connectivity index (χ3n) is 4.83. The average molecular weight is 385 g/mol. The Morgan fingerprint density at radius 3 is 2.70 bits per heavy atom. The van der Waals surface area contributed by atoms with Gasteiger partial charge in [0.05, 0.1) is 0 Å². The number of urea groups is 1. The summed E-state index contributed by atoms with van der Waals surface area (Å²) in [6, 6.07) is 14.7. The molecule has 1 saturated heterocycles. The maximum atomic E-state index is 12.4. The third-order valence-corrected chi connectivity index (χ3v) is 5.82. The molecule has 1 aromatic heterocycles. The zero-order chi connectivity index (χ0) is 18.9. The van der Waals surface area contributed by atoms with Gasteiger partial charge < -0.3 is 10.2 Å². The third kappa shape index (κ3) is 6.56. The number of nitrogens with one attached hydrogen (secondary N) is 1. The summed E-state index contributed by atoms with van der Waals surface area (Å²) in [5, 5.41) is 3.19. The van der Waals surface area contributed by atoms with Crippen LogP contribution in [-0.2, 0) is 6.54 Å². The number of likely N-dealkylation sites (tertiary alicyclic amines) is 1. The van der Waals surface area contributed by atoms with Gasteiger partial charge in [-0.15, -0.1) is 11.8 Å². The Bertz CT molecular complexity index is 690. The number of rotatable bonds is 7. The summed E-state index contributed by atoms with van der Waals surface area (Å²) in [7, 11) is 1.87. The van der Waals surface area contributed by atoms with Gasteiger partial charge in [0.2, 0.25) is 0 Å². The van der Waals surface area contributed by atoms with Crippen LogP contribution in [0.4, 0.5) is 4.79 Å². The van der Waals surface area contributed by atoms with Crippen molar-refractivity contribution in [3.05, 3.63) is 60.4 Å². The van der Waals surface area contributed by atoms with Crippen molar-refractivity contribution in [1.29, 1.82) is 0 Å². The van der Waals surface area contributed by atoms with Crippen LogP contribution in [0.3, 0.4) is 0 Å². The minimum atomic E-state index is 0.0365. The van der Waals surface area contributed by atoms with Crippen LogP contribution >= 0.6 is 11.8 Å². The van der Waals surface area contributed by atoms with E-state index >= 15 is 0 Å². The van der Waals surface area contributed by atoms with Gasteiger partial charge >= 0.3 is 6.03 Å². The quantitative estimate of drug-likeness (QED) is 0.743. The van der Waals surface area contributed by atoms with Crippen LogP contribution < -0.4 is 5.32 Å². The molecule has 5 nitrogen and oxygen atoms in total. The zero-order valence-corrected chi connectivity index (χ0v) is 16.7. The smallest absolute Gasteiger partial charge is 0.317 e. The number of amides is 2. The number of thioether (sulfide) groups is 1. The monoisotopic (exact) mass is 384 g/mol. The van der Waals surface area contributed by atoms with Crippen molar-refractivity contribution < 1.29 is 4.79 Å². The van der Waals surface area contributed by atoms with E-state index in [4.69, 9.17) is 0 Å². The second kappa shape index (κ2) is 10.3. The standard InChI is InChI=1S/C21H28N4OS/c1-24(14-15-27-20-7-3-2-4-8-20)21(26)23-19-9-12-25(13-10-19)17-18-6-5-11-22-16-18/h2-8,11,16,19H,9-10,12-15,17H2,1H3,(H,23,26). The molecule has 0 saturated carbocycles. The first-order chi connectivity index (χ1) is 13.2. The molecule has 1 fully saturated rings. The molecule has 1 aromatic carbocycles. The number of nitrogens with zero attached hydrogens (tertiary/aromatic N) is 3. The molecular formula is C21H28N4OS. The Hall–Kier alpha value is -2.05. The SMILES string of the molecule is CN(CCSc1ccccc1)C(=O)NC1CCN(Cc2cccnc2)CC1. The molecule has 6 heteroatoms. The van der Waals surface area contributed by atoms with Gasteiger partial charge in [-0.3, -0.25) is 9.88 Å². The molecule has 1 aliphatic rings. The Morgan fingerprint density at radius 1 is 1.22 bits per heavy atom. The van der Waals surface area contributed by atoms with E-state index in [0.29, 0.717) is 0 Å². The molecule has 0 bridgehead atoms. The summed E-state index contributed by atoms with van der Waals surface area (Å²) >= 11 is 1.78. The van der Waals surface area contributed by atoms with Gasteiger partial charge in [0, 0.05) is 62.3 Å². The van der Waals surface area contributed by atoms with Crippen LogP contribution in [0.15, 0.2) is 59.8 Å². The van der Waals surface area contributed by atoms with Crippen molar-refractivity contribution in [2.75, 3.05) is 32.4 Å². The first-order valence-corrected chi connectivity index (χ1v) is 10.5. The molecule has 0 radical (unpaired) electrons. The highest BCUT2D eigenvalue weighted by Gasteiger charge is 2.21. The van der Waals surface area contributed by atoms with Crippen molar-refractivity contribution >= 4 is 17.8 Å². The van der Waals surface area contributed by atoms with Crippen molar-refractivity contribution in [2.24, 2.45) is 0 Å². The fourth-order valence-corrected chi connectivity index (χ4v) is 4.14. The lowest BCUT2D eigenvalue weighted by molar-refractivity contribution is 0.175. The van der Waals surface area contributed by atoms with Gasteiger partial charge in [0.1, 0.15) is 0 Å². The number of hydrogen-bond donors (Lipinski definition) is 1. The maximum absolute atomic E-state index is 12.4. The Balaban J connectivity index is 1.33. The van der Waals surface area contributed by atoms with Crippen LogP contribution in [0.25, 0.3) is 0 Å². The van der Waals surface area contributed by atoms with Gasteiger partial charge in [0.15, 0.2) is 0 Å². The van der Waals surface area contributed by atoms with Crippen LogP contribution in [0.2, 0.25) is 0 Å². The number of hydrogen-bond acceptors (Lipinski definition) is 4. The molecule has 0 atom stereocenters. The van der Waals surface area contributed by atoms with Crippen LogP contribution in [-0.4, -0.2) is 59.3 Å². The van der Waals surface area contributed by atoms with E-state index < -0.39 is 0 Å². The summed E-state index contributed by atoms with van der Waals surface area (Å²) in [5.41, 5.74) is 1.25. The number of aromatic nitrogens is 1. The van der Waals surface area contributed by atoms with E-state index in [1.165, 1.54) is 10.5 Å². The normalized spacial score (nSPS) is 15.4. The number of benzene rings is 1. The van der Waals surface area contributed by atoms with E-state index in [0.717, 1.165) is 44.8 Å². The predicted octanol–water partition coefficient (Wildman–Crippen LogP) is 3.48. The molecule has 2 heterocycles. The van der Waals surface area contributed by atoms with Crippen LogP contribution in [0, 0.1) is 0 Å². The largest absolute Gasteiger partial charge is 0.335 e. The molecule has 2 aromatic rings. The molecular weight excluding hydrogens is 356 g/mol.